The third-order valence-electron chi connectivity index (χ3n) is 3.16. The molecule has 0 bridgehead atoms. The Morgan fingerprint density at radius 3 is 2.48 bits per heavy atom. The van der Waals surface area contributed by atoms with Crippen LogP contribution in [0.3, 0.4) is 0 Å². The largest absolute Gasteiger partial charge is 0.437 e. The first-order valence-electron chi connectivity index (χ1n) is 7.11. The third kappa shape index (κ3) is 4.22. The van der Waals surface area contributed by atoms with Gasteiger partial charge in [-0.25, -0.2) is 13.4 Å². The van der Waals surface area contributed by atoms with Gasteiger partial charge in [0.15, 0.2) is 0 Å². The van der Waals surface area contributed by atoms with E-state index in [2.05, 4.69) is 9.71 Å². The second-order valence-electron chi connectivity index (χ2n) is 4.95. The maximum atomic E-state index is 12.6. The normalized spacial score (nSPS) is 11.1. The molecule has 0 aliphatic rings. The minimum Gasteiger partial charge on any atom is -0.437 e. The molecule has 0 aliphatic carbocycles. The smallest absolute Gasteiger partial charge is 0.263 e. The lowest BCUT2D eigenvalue weighted by Gasteiger charge is -2.13. The zero-order chi connectivity index (χ0) is 17.9. The molecule has 0 saturated heterocycles. The second kappa shape index (κ2) is 7.31. The summed E-state index contributed by atoms with van der Waals surface area (Å²) in [6, 6.07) is 16.3. The number of hydrogen-bond donors (Lipinski definition) is 1. The van der Waals surface area contributed by atoms with Crippen LogP contribution in [0, 0.1) is 0 Å². The van der Waals surface area contributed by atoms with Gasteiger partial charge in [-0.05, 0) is 42.5 Å². The van der Waals surface area contributed by atoms with Crippen LogP contribution in [0.2, 0.25) is 10.0 Å². The summed E-state index contributed by atoms with van der Waals surface area (Å²) in [4.78, 5) is 3.96. The number of nitrogens with zero attached hydrogens (tertiary/aromatic N) is 1. The van der Waals surface area contributed by atoms with E-state index in [1.54, 1.807) is 36.4 Å². The van der Waals surface area contributed by atoms with Crippen LogP contribution in [0.4, 0.5) is 5.69 Å². The van der Waals surface area contributed by atoms with E-state index in [9.17, 15) is 8.42 Å². The Bertz CT molecular complexity index is 996. The molecule has 0 unspecified atom stereocenters. The molecule has 3 rings (SSSR count). The van der Waals surface area contributed by atoms with Gasteiger partial charge in [-0.3, -0.25) is 4.72 Å². The SMILES string of the molecule is O=S(=O)(Nc1cccnc1Oc1ccccc1)c1cc(Cl)ccc1Cl. The van der Waals surface area contributed by atoms with Gasteiger partial charge >= 0.3 is 0 Å². The van der Waals surface area contributed by atoms with E-state index in [4.69, 9.17) is 27.9 Å². The van der Waals surface area contributed by atoms with Gasteiger partial charge in [0.1, 0.15) is 16.3 Å². The number of para-hydroxylation sites is 1. The van der Waals surface area contributed by atoms with Gasteiger partial charge < -0.3 is 4.74 Å². The van der Waals surface area contributed by atoms with E-state index < -0.39 is 10.0 Å². The van der Waals surface area contributed by atoms with Crippen molar-refractivity contribution in [2.45, 2.75) is 4.90 Å². The molecule has 0 radical (unpaired) electrons. The van der Waals surface area contributed by atoms with Gasteiger partial charge in [0.25, 0.3) is 10.0 Å². The average Bonchev–Trinajstić information content (AvgIpc) is 2.59. The number of hydrogen-bond acceptors (Lipinski definition) is 4. The van der Waals surface area contributed by atoms with E-state index in [0.717, 1.165) is 0 Å². The van der Waals surface area contributed by atoms with Gasteiger partial charge in [-0.1, -0.05) is 41.4 Å². The molecule has 0 fully saturated rings. The lowest BCUT2D eigenvalue weighted by molar-refractivity contribution is 0.465. The average molecular weight is 395 g/mol. The number of ether oxygens (including phenoxy) is 1. The van der Waals surface area contributed by atoms with Gasteiger partial charge in [0.2, 0.25) is 5.88 Å². The molecule has 128 valence electrons. The fourth-order valence-corrected chi connectivity index (χ4v) is 3.85. The van der Waals surface area contributed by atoms with Crippen LogP contribution in [0.1, 0.15) is 0 Å². The molecule has 2 aromatic carbocycles. The molecule has 1 heterocycles. The predicted molar refractivity (Wildman–Crippen MR) is 98.0 cm³/mol. The van der Waals surface area contributed by atoms with Crippen LogP contribution >= 0.6 is 23.2 Å². The number of aromatic nitrogens is 1. The number of pyridine rings is 1. The maximum absolute atomic E-state index is 12.6. The highest BCUT2D eigenvalue weighted by molar-refractivity contribution is 7.92. The fourth-order valence-electron chi connectivity index (χ4n) is 2.03. The van der Waals surface area contributed by atoms with Gasteiger partial charge in [0, 0.05) is 11.2 Å². The highest BCUT2D eigenvalue weighted by Crippen LogP contribution is 2.31. The van der Waals surface area contributed by atoms with Crippen molar-refractivity contribution in [3.8, 4) is 11.6 Å². The third-order valence-corrected chi connectivity index (χ3v) is 5.24. The Labute approximate surface area is 155 Å². The van der Waals surface area contributed by atoms with E-state index in [-0.39, 0.29) is 26.5 Å². The second-order valence-corrected chi connectivity index (χ2v) is 7.45. The molecular weight excluding hydrogens is 383 g/mol. The monoisotopic (exact) mass is 394 g/mol. The van der Waals surface area contributed by atoms with Crippen molar-refractivity contribution in [1.82, 2.24) is 4.98 Å². The first-order valence-corrected chi connectivity index (χ1v) is 9.35. The van der Waals surface area contributed by atoms with E-state index >= 15 is 0 Å². The topological polar surface area (TPSA) is 68.3 Å². The van der Waals surface area contributed by atoms with Crippen LogP contribution in [-0.4, -0.2) is 13.4 Å². The lowest BCUT2D eigenvalue weighted by atomic mass is 10.3. The summed E-state index contributed by atoms with van der Waals surface area (Å²) >= 11 is 11.9. The molecule has 5 nitrogen and oxygen atoms in total. The van der Waals surface area contributed by atoms with Crippen LogP contribution in [0.25, 0.3) is 0 Å². The van der Waals surface area contributed by atoms with E-state index in [1.165, 1.54) is 24.4 Å². The summed E-state index contributed by atoms with van der Waals surface area (Å²) in [6.45, 7) is 0. The Balaban J connectivity index is 1.94. The molecule has 0 atom stereocenters. The molecule has 0 saturated carbocycles. The minimum atomic E-state index is -3.97. The molecule has 0 amide bonds. The highest BCUT2D eigenvalue weighted by Gasteiger charge is 2.21. The van der Waals surface area contributed by atoms with Crippen molar-refractivity contribution >= 4 is 38.9 Å². The van der Waals surface area contributed by atoms with Crippen molar-refractivity contribution in [2.24, 2.45) is 0 Å². The Morgan fingerprint density at radius 1 is 0.960 bits per heavy atom. The fraction of sp³-hybridized carbons (Fsp3) is 0. The summed E-state index contributed by atoms with van der Waals surface area (Å²) in [6.07, 6.45) is 1.50. The van der Waals surface area contributed by atoms with Crippen molar-refractivity contribution in [1.29, 1.82) is 0 Å². The van der Waals surface area contributed by atoms with Crippen LogP contribution < -0.4 is 9.46 Å². The zero-order valence-electron chi connectivity index (χ0n) is 12.7. The number of benzene rings is 2. The van der Waals surface area contributed by atoms with E-state index in [1.807, 2.05) is 6.07 Å². The standard InChI is InChI=1S/C17H12Cl2N2O3S/c18-12-8-9-14(19)16(11-12)25(22,23)21-15-7-4-10-20-17(15)24-13-5-2-1-3-6-13/h1-11,21H. The number of sulfonamides is 1. The number of nitrogens with one attached hydrogen (secondary N) is 1. The summed E-state index contributed by atoms with van der Waals surface area (Å²) in [5, 5.41) is 0.322. The predicted octanol–water partition coefficient (Wildman–Crippen LogP) is 4.98. The first-order chi connectivity index (χ1) is 12.0. The van der Waals surface area contributed by atoms with Gasteiger partial charge in [-0.15, -0.1) is 0 Å². The summed E-state index contributed by atoms with van der Waals surface area (Å²) < 4.78 is 33.4. The first kappa shape index (κ1) is 17.5. The summed E-state index contributed by atoms with van der Waals surface area (Å²) in [7, 11) is -3.97. The number of rotatable bonds is 5. The van der Waals surface area contributed by atoms with Gasteiger partial charge in [0.05, 0.1) is 5.02 Å². The summed E-state index contributed by atoms with van der Waals surface area (Å²) in [5.41, 5.74) is 0.183. The van der Waals surface area contributed by atoms with Crippen molar-refractivity contribution in [2.75, 3.05) is 4.72 Å². The van der Waals surface area contributed by atoms with Gasteiger partial charge in [-0.2, -0.15) is 0 Å². The quantitative estimate of drug-likeness (QED) is 0.662. The number of halogens is 2. The molecule has 0 aliphatic heterocycles. The number of anilines is 1. The lowest BCUT2D eigenvalue weighted by Crippen LogP contribution is -2.14. The molecule has 1 N–H and O–H groups in total. The van der Waals surface area contributed by atoms with Crippen molar-refractivity contribution in [3.63, 3.8) is 0 Å². The zero-order valence-corrected chi connectivity index (χ0v) is 15.0. The molecule has 0 spiro atoms. The van der Waals surface area contributed by atoms with Crippen LogP contribution in [0.15, 0.2) is 71.8 Å². The Kier molecular flexibility index (Phi) is 5.13. The molecule has 3 aromatic rings. The van der Waals surface area contributed by atoms with Crippen molar-refractivity contribution < 1.29 is 13.2 Å². The Morgan fingerprint density at radius 2 is 1.72 bits per heavy atom. The molecule has 25 heavy (non-hydrogen) atoms. The molecule has 8 heteroatoms. The van der Waals surface area contributed by atoms with Crippen LogP contribution in [0.5, 0.6) is 11.6 Å². The molecule has 1 aromatic heterocycles. The maximum Gasteiger partial charge on any atom is 0.263 e. The van der Waals surface area contributed by atoms with Crippen LogP contribution in [-0.2, 0) is 10.0 Å². The molecular formula is C17H12Cl2N2O3S. The minimum absolute atomic E-state index is 0.0614. The highest BCUT2D eigenvalue weighted by atomic mass is 35.5. The van der Waals surface area contributed by atoms with Crippen molar-refractivity contribution in [3.05, 3.63) is 76.9 Å². The summed E-state index contributed by atoms with van der Waals surface area (Å²) in [5.74, 6) is 0.651. The van der Waals surface area contributed by atoms with E-state index in [0.29, 0.717) is 5.75 Å². The Hall–Kier alpha value is -2.28.